The highest BCUT2D eigenvalue weighted by molar-refractivity contribution is 5.76. The highest BCUT2D eigenvalue weighted by Crippen LogP contribution is 2.28. The fourth-order valence-electron chi connectivity index (χ4n) is 5.74. The van der Waals surface area contributed by atoms with Gasteiger partial charge in [-0.1, -0.05) is 85.8 Å². The standard InChI is InChI=1S/C36H42FN5O2/c1-4-32-35(44)39-33(19-12-26-8-6-5-7-9-26)42(40-32)25-34(43)41(31-20-22-38-23-21-31)24-27-10-13-28(14-11-27)29-15-17-30(18-16-29)36(2,3)37/h5-11,13-18,31,38H,4,12,19-25H2,1-3H3. The topological polar surface area (TPSA) is 80.1 Å². The molecule has 5 rings (SSSR count). The summed E-state index contributed by atoms with van der Waals surface area (Å²) in [6, 6.07) is 25.9. The van der Waals surface area contributed by atoms with E-state index in [0.29, 0.717) is 42.9 Å². The van der Waals surface area contributed by atoms with E-state index in [1.807, 2.05) is 66.4 Å². The third-order valence-electron chi connectivity index (χ3n) is 8.40. The van der Waals surface area contributed by atoms with Gasteiger partial charge in [0.1, 0.15) is 23.7 Å². The predicted octanol–water partition coefficient (Wildman–Crippen LogP) is 5.64. The van der Waals surface area contributed by atoms with Crippen molar-refractivity contribution < 1.29 is 9.18 Å². The Morgan fingerprint density at radius 3 is 2.18 bits per heavy atom. The lowest BCUT2D eigenvalue weighted by Crippen LogP contribution is -2.47. The number of nitrogens with zero attached hydrogens (tertiary/aromatic N) is 4. The smallest absolute Gasteiger partial charge is 0.294 e. The van der Waals surface area contributed by atoms with Gasteiger partial charge in [-0.2, -0.15) is 10.1 Å². The fraction of sp³-hybridized carbons (Fsp3) is 0.389. The number of hydrogen-bond acceptors (Lipinski definition) is 5. The maximum atomic E-state index is 14.3. The van der Waals surface area contributed by atoms with Crippen LogP contribution in [0.2, 0.25) is 0 Å². The van der Waals surface area contributed by atoms with Gasteiger partial charge in [-0.05, 0) is 80.4 Å². The van der Waals surface area contributed by atoms with Crippen molar-refractivity contribution in [2.24, 2.45) is 0 Å². The second-order valence-electron chi connectivity index (χ2n) is 12.0. The molecule has 0 unspecified atom stereocenters. The average Bonchev–Trinajstić information content (AvgIpc) is 3.04. The van der Waals surface area contributed by atoms with Crippen LogP contribution < -0.4 is 10.9 Å². The van der Waals surface area contributed by atoms with Gasteiger partial charge in [0.05, 0.1) is 0 Å². The zero-order valence-electron chi connectivity index (χ0n) is 25.9. The Balaban J connectivity index is 1.36. The summed E-state index contributed by atoms with van der Waals surface area (Å²) in [5.74, 6) is 0.493. The van der Waals surface area contributed by atoms with Gasteiger partial charge in [-0.25, -0.2) is 9.07 Å². The molecule has 0 spiro atoms. The highest BCUT2D eigenvalue weighted by Gasteiger charge is 2.27. The molecule has 44 heavy (non-hydrogen) atoms. The second kappa shape index (κ2) is 14.1. The van der Waals surface area contributed by atoms with Crippen molar-refractivity contribution in [2.75, 3.05) is 13.1 Å². The van der Waals surface area contributed by atoms with Gasteiger partial charge in [0.25, 0.3) is 5.56 Å². The van der Waals surface area contributed by atoms with Gasteiger partial charge in [0.2, 0.25) is 5.91 Å². The molecule has 1 saturated heterocycles. The monoisotopic (exact) mass is 595 g/mol. The Kier molecular flexibility index (Phi) is 10.0. The third-order valence-corrected chi connectivity index (χ3v) is 8.40. The van der Waals surface area contributed by atoms with E-state index in [4.69, 9.17) is 0 Å². The molecule has 1 aromatic heterocycles. The molecule has 2 heterocycles. The maximum absolute atomic E-state index is 14.3. The summed E-state index contributed by atoms with van der Waals surface area (Å²) in [6.07, 6.45) is 3.42. The molecule has 1 N–H and O–H groups in total. The lowest BCUT2D eigenvalue weighted by molar-refractivity contribution is -0.135. The van der Waals surface area contributed by atoms with Crippen molar-refractivity contribution >= 4 is 5.91 Å². The maximum Gasteiger partial charge on any atom is 0.294 e. The van der Waals surface area contributed by atoms with Gasteiger partial charge in [0.15, 0.2) is 0 Å². The number of amides is 1. The van der Waals surface area contributed by atoms with Crippen LogP contribution in [0.5, 0.6) is 0 Å². The van der Waals surface area contributed by atoms with E-state index in [0.717, 1.165) is 48.2 Å². The van der Waals surface area contributed by atoms with Crippen LogP contribution in [0.4, 0.5) is 4.39 Å². The summed E-state index contributed by atoms with van der Waals surface area (Å²) >= 11 is 0. The van der Waals surface area contributed by atoms with E-state index in [-0.39, 0.29) is 24.1 Å². The SMILES string of the molecule is CCc1nn(CC(=O)N(Cc2ccc(-c3ccc(C(C)(C)F)cc3)cc2)C2CCNCC2)c(CCc2ccccc2)nc1=O. The zero-order valence-corrected chi connectivity index (χ0v) is 25.9. The predicted molar refractivity (Wildman–Crippen MR) is 172 cm³/mol. The Hall–Kier alpha value is -4.17. The normalized spacial score (nSPS) is 14.0. The second-order valence-corrected chi connectivity index (χ2v) is 12.0. The molecule has 3 aromatic carbocycles. The quantitative estimate of drug-likeness (QED) is 0.243. The van der Waals surface area contributed by atoms with Crippen molar-refractivity contribution in [3.05, 3.63) is 117 Å². The molecule has 7 nitrogen and oxygen atoms in total. The van der Waals surface area contributed by atoms with Crippen molar-refractivity contribution in [3.8, 4) is 11.1 Å². The first-order valence-corrected chi connectivity index (χ1v) is 15.6. The molecular formula is C36H42FN5O2. The van der Waals surface area contributed by atoms with Crippen LogP contribution >= 0.6 is 0 Å². The Labute approximate surface area is 259 Å². The van der Waals surface area contributed by atoms with Crippen molar-refractivity contribution in [3.63, 3.8) is 0 Å². The van der Waals surface area contributed by atoms with Gasteiger partial charge in [-0.3, -0.25) is 9.59 Å². The van der Waals surface area contributed by atoms with E-state index >= 15 is 0 Å². The van der Waals surface area contributed by atoms with E-state index in [2.05, 4.69) is 39.7 Å². The minimum Gasteiger partial charge on any atom is -0.334 e. The summed E-state index contributed by atoms with van der Waals surface area (Å²) in [4.78, 5) is 33.0. The lowest BCUT2D eigenvalue weighted by Gasteiger charge is -2.35. The molecule has 8 heteroatoms. The Morgan fingerprint density at radius 1 is 0.932 bits per heavy atom. The van der Waals surface area contributed by atoms with Gasteiger partial charge in [0, 0.05) is 19.0 Å². The summed E-state index contributed by atoms with van der Waals surface area (Å²) < 4.78 is 16.0. The van der Waals surface area contributed by atoms with Crippen LogP contribution in [-0.4, -0.2) is 44.7 Å². The molecule has 230 valence electrons. The number of carbonyl (C=O) groups excluding carboxylic acids is 1. The fourth-order valence-corrected chi connectivity index (χ4v) is 5.74. The molecule has 1 amide bonds. The zero-order chi connectivity index (χ0) is 31.1. The number of aryl methyl sites for hydroxylation is 3. The number of carbonyl (C=O) groups is 1. The molecule has 0 bridgehead atoms. The minimum atomic E-state index is -1.38. The Morgan fingerprint density at radius 2 is 1.57 bits per heavy atom. The number of benzene rings is 3. The minimum absolute atomic E-state index is 0.0314. The third kappa shape index (κ3) is 7.85. The molecule has 1 aliphatic rings. The van der Waals surface area contributed by atoms with Crippen LogP contribution in [0.25, 0.3) is 11.1 Å². The molecule has 1 fully saturated rings. The number of piperidine rings is 1. The Bertz CT molecular complexity index is 1590. The van der Waals surface area contributed by atoms with Crippen LogP contribution in [0.1, 0.15) is 61.8 Å². The van der Waals surface area contributed by atoms with Gasteiger partial charge < -0.3 is 10.2 Å². The molecule has 0 aliphatic carbocycles. The van der Waals surface area contributed by atoms with Crippen LogP contribution in [0.3, 0.4) is 0 Å². The van der Waals surface area contributed by atoms with Crippen molar-refractivity contribution in [1.82, 2.24) is 25.0 Å². The largest absolute Gasteiger partial charge is 0.334 e. The molecule has 0 radical (unpaired) electrons. The summed E-state index contributed by atoms with van der Waals surface area (Å²) in [5, 5.41) is 8.00. The first-order chi connectivity index (χ1) is 21.2. The van der Waals surface area contributed by atoms with Gasteiger partial charge in [-0.15, -0.1) is 0 Å². The van der Waals surface area contributed by atoms with Crippen molar-refractivity contribution in [2.45, 2.75) is 77.7 Å². The summed E-state index contributed by atoms with van der Waals surface area (Å²) in [5.41, 5.74) is 3.54. The van der Waals surface area contributed by atoms with E-state index in [1.54, 1.807) is 18.5 Å². The number of halogens is 1. The van der Waals surface area contributed by atoms with Crippen LogP contribution in [0.15, 0.2) is 83.7 Å². The van der Waals surface area contributed by atoms with E-state index in [1.165, 1.54) is 0 Å². The molecule has 4 aromatic rings. The van der Waals surface area contributed by atoms with Crippen molar-refractivity contribution in [1.29, 1.82) is 0 Å². The lowest BCUT2D eigenvalue weighted by atomic mass is 9.96. The average molecular weight is 596 g/mol. The number of nitrogens with one attached hydrogen (secondary N) is 1. The molecule has 0 saturated carbocycles. The van der Waals surface area contributed by atoms with Crippen LogP contribution in [0, 0.1) is 0 Å². The van der Waals surface area contributed by atoms with Gasteiger partial charge >= 0.3 is 0 Å². The van der Waals surface area contributed by atoms with Crippen LogP contribution in [-0.2, 0) is 42.8 Å². The number of hydrogen-bond donors (Lipinski definition) is 1. The molecule has 1 aliphatic heterocycles. The van der Waals surface area contributed by atoms with E-state index in [9.17, 15) is 14.0 Å². The first-order valence-electron chi connectivity index (χ1n) is 15.6. The number of aromatic nitrogens is 3. The number of rotatable bonds is 11. The summed E-state index contributed by atoms with van der Waals surface area (Å²) in [6.45, 7) is 7.23. The van der Waals surface area contributed by atoms with E-state index < -0.39 is 5.67 Å². The first kappa shape index (κ1) is 31.3. The molecule has 0 atom stereocenters. The molecular weight excluding hydrogens is 553 g/mol. The highest BCUT2D eigenvalue weighted by atomic mass is 19.1. The number of alkyl halides is 1. The summed E-state index contributed by atoms with van der Waals surface area (Å²) in [7, 11) is 0.